The number of rotatable bonds is 10. The minimum Gasteiger partial charge on any atom is -0.357 e. The summed E-state index contributed by atoms with van der Waals surface area (Å²) in [6.45, 7) is 5.18. The monoisotopic (exact) mass is 575 g/mol. The van der Waals surface area contributed by atoms with Gasteiger partial charge in [0.25, 0.3) is 10.0 Å². The maximum atomic E-state index is 13.8. The number of nitrogens with zero attached hydrogens (tertiary/aromatic N) is 2. The van der Waals surface area contributed by atoms with Gasteiger partial charge in [0, 0.05) is 13.6 Å². The van der Waals surface area contributed by atoms with Crippen molar-refractivity contribution in [3.63, 3.8) is 0 Å². The summed E-state index contributed by atoms with van der Waals surface area (Å²) in [4.78, 5) is 27.7. The minimum atomic E-state index is -4.11. The van der Waals surface area contributed by atoms with E-state index in [4.69, 9.17) is 23.2 Å². The topological polar surface area (TPSA) is 86.8 Å². The SMILES string of the molecule is CNC(=O)[C@H](C)N(Cc1ccc(Cl)c(Cl)c1)C(=O)CN(c1ccc(C(C)C)cc1)S(=O)(=O)c1ccccc1. The van der Waals surface area contributed by atoms with Crippen LogP contribution in [0.15, 0.2) is 77.7 Å². The van der Waals surface area contributed by atoms with Gasteiger partial charge < -0.3 is 10.2 Å². The minimum absolute atomic E-state index is 0.0236. The molecule has 0 bridgehead atoms. The molecule has 0 saturated carbocycles. The highest BCUT2D eigenvalue weighted by atomic mass is 35.5. The van der Waals surface area contributed by atoms with Crippen molar-refractivity contribution in [3.05, 3.63) is 94.0 Å². The number of hydrogen-bond acceptors (Lipinski definition) is 4. The van der Waals surface area contributed by atoms with Gasteiger partial charge in [-0.15, -0.1) is 0 Å². The molecule has 0 radical (unpaired) electrons. The molecule has 0 aliphatic carbocycles. The van der Waals surface area contributed by atoms with E-state index in [1.807, 2.05) is 26.0 Å². The number of likely N-dealkylation sites (N-methyl/N-ethyl adjacent to an activating group) is 1. The van der Waals surface area contributed by atoms with E-state index >= 15 is 0 Å². The van der Waals surface area contributed by atoms with Gasteiger partial charge in [0.2, 0.25) is 11.8 Å². The fourth-order valence-corrected chi connectivity index (χ4v) is 5.66. The van der Waals surface area contributed by atoms with E-state index in [0.29, 0.717) is 21.3 Å². The van der Waals surface area contributed by atoms with E-state index < -0.39 is 34.4 Å². The molecule has 0 saturated heterocycles. The summed E-state index contributed by atoms with van der Waals surface area (Å²) in [7, 11) is -2.63. The average molecular weight is 577 g/mol. The van der Waals surface area contributed by atoms with Crippen LogP contribution in [0.1, 0.15) is 37.8 Å². The molecule has 2 amide bonds. The molecular weight excluding hydrogens is 545 g/mol. The molecule has 3 aromatic rings. The smallest absolute Gasteiger partial charge is 0.264 e. The van der Waals surface area contributed by atoms with Crippen molar-refractivity contribution in [1.29, 1.82) is 0 Å². The van der Waals surface area contributed by atoms with E-state index in [1.165, 1.54) is 24.1 Å². The van der Waals surface area contributed by atoms with Crippen LogP contribution in [-0.4, -0.2) is 44.8 Å². The molecule has 10 heteroatoms. The van der Waals surface area contributed by atoms with Crippen LogP contribution in [0.3, 0.4) is 0 Å². The first-order valence-corrected chi connectivity index (χ1v) is 14.3. The fraction of sp³-hybridized carbons (Fsp3) is 0.286. The highest BCUT2D eigenvalue weighted by molar-refractivity contribution is 7.92. The zero-order chi connectivity index (χ0) is 28.0. The Kier molecular flexibility index (Phi) is 9.82. The number of nitrogens with one attached hydrogen (secondary N) is 1. The van der Waals surface area contributed by atoms with E-state index in [1.54, 1.807) is 55.5 Å². The fourth-order valence-electron chi connectivity index (χ4n) is 3.90. The molecule has 38 heavy (non-hydrogen) atoms. The normalized spacial score (nSPS) is 12.2. The number of sulfonamides is 1. The van der Waals surface area contributed by atoms with Gasteiger partial charge in [-0.05, 0) is 60.4 Å². The van der Waals surface area contributed by atoms with Gasteiger partial charge in [-0.25, -0.2) is 8.42 Å². The maximum absolute atomic E-state index is 13.8. The average Bonchev–Trinajstić information content (AvgIpc) is 2.91. The van der Waals surface area contributed by atoms with E-state index in [0.717, 1.165) is 9.87 Å². The third kappa shape index (κ3) is 6.87. The molecule has 0 fully saturated rings. The number of amides is 2. The molecule has 1 N–H and O–H groups in total. The Bertz CT molecular complexity index is 1380. The number of halogens is 2. The number of carbonyl (C=O) groups excluding carboxylic acids is 2. The van der Waals surface area contributed by atoms with Gasteiger partial charge >= 0.3 is 0 Å². The molecule has 0 unspecified atom stereocenters. The highest BCUT2D eigenvalue weighted by Gasteiger charge is 2.32. The van der Waals surface area contributed by atoms with Crippen molar-refractivity contribution in [1.82, 2.24) is 10.2 Å². The van der Waals surface area contributed by atoms with Gasteiger partial charge in [0.15, 0.2) is 0 Å². The summed E-state index contributed by atoms with van der Waals surface area (Å²) in [6, 6.07) is 19.0. The van der Waals surface area contributed by atoms with Gasteiger partial charge in [-0.3, -0.25) is 13.9 Å². The molecule has 0 heterocycles. The third-order valence-electron chi connectivity index (χ3n) is 6.21. The second-order valence-electron chi connectivity index (χ2n) is 9.13. The van der Waals surface area contributed by atoms with Crippen molar-refractivity contribution in [2.24, 2.45) is 0 Å². The second-order valence-corrected chi connectivity index (χ2v) is 11.8. The Morgan fingerprint density at radius 2 is 1.53 bits per heavy atom. The molecule has 7 nitrogen and oxygen atoms in total. The molecule has 0 spiro atoms. The number of benzene rings is 3. The Morgan fingerprint density at radius 1 is 0.895 bits per heavy atom. The van der Waals surface area contributed by atoms with Crippen molar-refractivity contribution in [2.75, 3.05) is 17.9 Å². The predicted octanol–water partition coefficient (Wildman–Crippen LogP) is 5.48. The van der Waals surface area contributed by atoms with Crippen molar-refractivity contribution >= 4 is 50.7 Å². The first-order valence-electron chi connectivity index (χ1n) is 12.1. The van der Waals surface area contributed by atoms with Crippen molar-refractivity contribution in [2.45, 2.75) is 44.2 Å². The highest BCUT2D eigenvalue weighted by Crippen LogP contribution is 2.27. The Hall–Kier alpha value is -3.07. The molecule has 1 atom stereocenters. The molecule has 3 aromatic carbocycles. The van der Waals surface area contributed by atoms with Crippen molar-refractivity contribution < 1.29 is 18.0 Å². The summed E-state index contributed by atoms with van der Waals surface area (Å²) >= 11 is 12.2. The molecular formula is C28H31Cl2N3O4S. The lowest BCUT2D eigenvalue weighted by Crippen LogP contribution is -2.50. The number of anilines is 1. The predicted molar refractivity (Wildman–Crippen MR) is 152 cm³/mol. The van der Waals surface area contributed by atoms with E-state index in [2.05, 4.69) is 5.32 Å². The quantitative estimate of drug-likeness (QED) is 0.347. The van der Waals surface area contributed by atoms with Crippen LogP contribution < -0.4 is 9.62 Å². The maximum Gasteiger partial charge on any atom is 0.264 e. The third-order valence-corrected chi connectivity index (χ3v) is 8.74. The standard InChI is InChI=1S/C28H31Cl2N3O4S/c1-19(2)22-11-13-23(14-12-22)33(38(36,37)24-8-6-5-7-9-24)18-27(34)32(20(3)28(35)31-4)17-21-10-15-25(29)26(30)16-21/h5-16,19-20H,17-18H2,1-4H3,(H,31,35)/t20-/m0/s1. The Balaban J connectivity index is 2.04. The summed E-state index contributed by atoms with van der Waals surface area (Å²) < 4.78 is 28.6. The summed E-state index contributed by atoms with van der Waals surface area (Å²) in [5, 5.41) is 3.22. The summed E-state index contributed by atoms with van der Waals surface area (Å²) in [6.07, 6.45) is 0. The van der Waals surface area contributed by atoms with E-state index in [9.17, 15) is 18.0 Å². The lowest BCUT2D eigenvalue weighted by Gasteiger charge is -2.32. The lowest BCUT2D eigenvalue weighted by molar-refractivity contribution is -0.139. The first-order chi connectivity index (χ1) is 17.9. The van der Waals surface area contributed by atoms with Crippen LogP contribution in [0, 0.1) is 0 Å². The van der Waals surface area contributed by atoms with Crippen LogP contribution >= 0.6 is 23.2 Å². The van der Waals surface area contributed by atoms with Gasteiger partial charge in [-0.2, -0.15) is 0 Å². The van der Waals surface area contributed by atoms with Gasteiger partial charge in [0.05, 0.1) is 20.6 Å². The molecule has 202 valence electrons. The molecule has 3 rings (SSSR count). The number of hydrogen-bond donors (Lipinski definition) is 1. The van der Waals surface area contributed by atoms with Crippen LogP contribution in [0.25, 0.3) is 0 Å². The number of carbonyl (C=O) groups is 2. The molecule has 0 aromatic heterocycles. The second kappa shape index (κ2) is 12.7. The summed E-state index contributed by atoms with van der Waals surface area (Å²) in [5.41, 5.74) is 2.02. The van der Waals surface area contributed by atoms with Crippen LogP contribution in [0.2, 0.25) is 10.0 Å². The summed E-state index contributed by atoms with van der Waals surface area (Å²) in [5.74, 6) is -0.697. The Labute approximate surface area is 234 Å². The lowest BCUT2D eigenvalue weighted by atomic mass is 10.0. The van der Waals surface area contributed by atoms with Crippen LogP contribution in [0.5, 0.6) is 0 Å². The van der Waals surface area contributed by atoms with Gasteiger partial charge in [-0.1, -0.05) is 73.4 Å². The van der Waals surface area contributed by atoms with Crippen LogP contribution in [-0.2, 0) is 26.2 Å². The zero-order valence-corrected chi connectivity index (χ0v) is 24.0. The van der Waals surface area contributed by atoms with Crippen molar-refractivity contribution in [3.8, 4) is 0 Å². The van der Waals surface area contributed by atoms with Crippen LogP contribution in [0.4, 0.5) is 5.69 Å². The largest absolute Gasteiger partial charge is 0.357 e. The Morgan fingerprint density at radius 3 is 2.08 bits per heavy atom. The van der Waals surface area contributed by atoms with E-state index in [-0.39, 0.29) is 17.4 Å². The molecule has 0 aliphatic rings. The first kappa shape index (κ1) is 29.5. The van der Waals surface area contributed by atoms with Gasteiger partial charge in [0.1, 0.15) is 12.6 Å². The molecule has 0 aliphatic heterocycles. The zero-order valence-electron chi connectivity index (χ0n) is 21.7.